The smallest absolute Gasteiger partial charge is 0.237 e. The number of nitrogens with one attached hydrogen (secondary N) is 1. The number of carbonyl (C=O) groups is 2. The van der Waals surface area contributed by atoms with Gasteiger partial charge in [-0.3, -0.25) is 9.59 Å². The van der Waals surface area contributed by atoms with Crippen LogP contribution in [0.1, 0.15) is 13.3 Å². The number of carbonyl (C=O) groups excluding carboxylic acids is 2. The van der Waals surface area contributed by atoms with Crippen LogP contribution in [0.3, 0.4) is 0 Å². The number of hydrogen-bond acceptors (Lipinski definition) is 3. The second-order valence-corrected chi connectivity index (χ2v) is 6.76. The monoisotopic (exact) mass is 362 g/mol. The summed E-state index contributed by atoms with van der Waals surface area (Å²) in [5.74, 6) is -1.63. The Kier molecular flexibility index (Phi) is 5.03. The summed E-state index contributed by atoms with van der Waals surface area (Å²) in [6, 6.07) is 9.83. The molecule has 1 heterocycles. The number of rotatable bonds is 3. The van der Waals surface area contributed by atoms with Gasteiger partial charge in [0.1, 0.15) is 11.6 Å². The van der Waals surface area contributed by atoms with E-state index < -0.39 is 11.6 Å². The quantitative estimate of drug-likeness (QED) is 0.845. The van der Waals surface area contributed by atoms with Gasteiger partial charge in [-0.2, -0.15) is 0 Å². The van der Waals surface area contributed by atoms with E-state index in [1.165, 1.54) is 4.90 Å². The molecule has 0 saturated carbocycles. The molecule has 2 aromatic carbocycles. The molecule has 0 fully saturated rings. The molecule has 3 rings (SSSR count). The minimum Gasteiger partial charge on any atom is -0.324 e. The van der Waals surface area contributed by atoms with Crippen molar-refractivity contribution in [3.8, 4) is 0 Å². The van der Waals surface area contributed by atoms with Crippen molar-refractivity contribution in [2.45, 2.75) is 24.3 Å². The van der Waals surface area contributed by atoms with Gasteiger partial charge in [0, 0.05) is 17.4 Å². The van der Waals surface area contributed by atoms with E-state index in [2.05, 4.69) is 5.32 Å². The lowest BCUT2D eigenvalue weighted by molar-refractivity contribution is -0.117. The first-order chi connectivity index (χ1) is 12.0. The molecule has 25 heavy (non-hydrogen) atoms. The summed E-state index contributed by atoms with van der Waals surface area (Å²) >= 11 is 0.936. The summed E-state index contributed by atoms with van der Waals surface area (Å²) < 4.78 is 27.0. The summed E-state index contributed by atoms with van der Waals surface area (Å²) in [6.45, 7) is 1.78. The van der Waals surface area contributed by atoms with Crippen molar-refractivity contribution in [3.63, 3.8) is 0 Å². The van der Waals surface area contributed by atoms with Gasteiger partial charge in [-0.15, -0.1) is 11.8 Å². The van der Waals surface area contributed by atoms with Gasteiger partial charge in [0.2, 0.25) is 11.8 Å². The third-order valence-corrected chi connectivity index (χ3v) is 4.89. The van der Waals surface area contributed by atoms with Gasteiger partial charge >= 0.3 is 0 Å². The van der Waals surface area contributed by atoms with E-state index in [9.17, 15) is 18.4 Å². The maximum atomic E-state index is 13.7. The molecule has 2 aromatic rings. The second kappa shape index (κ2) is 7.23. The Morgan fingerprint density at radius 2 is 2.04 bits per heavy atom. The van der Waals surface area contributed by atoms with Crippen molar-refractivity contribution >= 4 is 35.0 Å². The van der Waals surface area contributed by atoms with E-state index in [0.717, 1.165) is 30.0 Å². The first-order valence-electron chi connectivity index (χ1n) is 7.74. The molecule has 4 nitrogen and oxygen atoms in total. The van der Waals surface area contributed by atoms with Crippen LogP contribution in [0.25, 0.3) is 0 Å². The molecular formula is C18H16F2N2O2S. The van der Waals surface area contributed by atoms with Crippen LogP contribution in [0.2, 0.25) is 0 Å². The molecule has 0 aliphatic carbocycles. The number of benzene rings is 2. The molecule has 1 aliphatic heterocycles. The molecule has 7 heteroatoms. The normalized spacial score (nSPS) is 16.8. The lowest BCUT2D eigenvalue weighted by Crippen LogP contribution is -2.40. The lowest BCUT2D eigenvalue weighted by atomic mass is 10.2. The topological polar surface area (TPSA) is 49.4 Å². The first kappa shape index (κ1) is 17.4. The fourth-order valence-electron chi connectivity index (χ4n) is 2.76. The SMILES string of the molecule is C[C@@H]1CC(=O)Nc2ccccc2N1C(=O)CSc1cc(F)ccc1F. The van der Waals surface area contributed by atoms with Crippen LogP contribution in [0, 0.1) is 11.6 Å². The number of nitrogens with zero attached hydrogens (tertiary/aromatic N) is 1. The average molecular weight is 362 g/mol. The van der Waals surface area contributed by atoms with Crippen molar-refractivity contribution in [1.82, 2.24) is 0 Å². The largest absolute Gasteiger partial charge is 0.324 e. The summed E-state index contributed by atoms with van der Waals surface area (Å²) in [6.07, 6.45) is 0.166. The predicted octanol–water partition coefficient (Wildman–Crippen LogP) is 3.82. The standard InChI is InChI=1S/C18H16F2N2O2S/c1-11-8-17(23)21-14-4-2-3-5-15(14)22(11)18(24)10-25-16-9-12(19)6-7-13(16)20/h2-7,9,11H,8,10H2,1H3,(H,21,23)/t11-/m1/s1. The van der Waals surface area contributed by atoms with E-state index in [0.29, 0.717) is 11.4 Å². The van der Waals surface area contributed by atoms with Crippen molar-refractivity contribution in [3.05, 3.63) is 54.1 Å². The van der Waals surface area contributed by atoms with Gasteiger partial charge in [0.25, 0.3) is 0 Å². The first-order valence-corrected chi connectivity index (χ1v) is 8.73. The van der Waals surface area contributed by atoms with Crippen molar-refractivity contribution in [2.75, 3.05) is 16.0 Å². The fourth-order valence-corrected chi connectivity index (χ4v) is 3.58. The predicted molar refractivity (Wildman–Crippen MR) is 93.7 cm³/mol. The van der Waals surface area contributed by atoms with Crippen molar-refractivity contribution in [1.29, 1.82) is 0 Å². The molecule has 0 bridgehead atoms. The van der Waals surface area contributed by atoms with Crippen LogP contribution in [0.5, 0.6) is 0 Å². The van der Waals surface area contributed by atoms with E-state index >= 15 is 0 Å². The zero-order chi connectivity index (χ0) is 18.0. The zero-order valence-corrected chi connectivity index (χ0v) is 14.3. The van der Waals surface area contributed by atoms with Crippen LogP contribution in [0.4, 0.5) is 20.2 Å². The lowest BCUT2D eigenvalue weighted by Gasteiger charge is -2.27. The molecule has 1 atom stereocenters. The molecule has 1 aliphatic rings. The number of thioether (sulfide) groups is 1. The highest BCUT2D eigenvalue weighted by molar-refractivity contribution is 8.00. The summed E-state index contributed by atoms with van der Waals surface area (Å²) in [4.78, 5) is 26.3. The van der Waals surface area contributed by atoms with Gasteiger partial charge in [0.15, 0.2) is 0 Å². The number of hydrogen-bond donors (Lipinski definition) is 1. The maximum Gasteiger partial charge on any atom is 0.237 e. The summed E-state index contributed by atoms with van der Waals surface area (Å²) in [5, 5.41) is 2.78. The number of para-hydroxylation sites is 2. The Morgan fingerprint density at radius 1 is 1.28 bits per heavy atom. The molecule has 0 saturated heterocycles. The van der Waals surface area contributed by atoms with Gasteiger partial charge in [0.05, 0.1) is 17.1 Å². The second-order valence-electron chi connectivity index (χ2n) is 5.75. The summed E-state index contributed by atoms with van der Waals surface area (Å²) in [5.41, 5.74) is 1.17. The van der Waals surface area contributed by atoms with E-state index in [1.807, 2.05) is 0 Å². The molecule has 0 radical (unpaired) electrons. The van der Waals surface area contributed by atoms with E-state index in [4.69, 9.17) is 0 Å². The minimum atomic E-state index is -0.569. The van der Waals surface area contributed by atoms with Crippen LogP contribution in [-0.4, -0.2) is 23.6 Å². The number of fused-ring (bicyclic) bond motifs is 1. The Labute approximate surface area is 148 Å². The average Bonchev–Trinajstić information content (AvgIpc) is 2.69. The highest BCUT2D eigenvalue weighted by Crippen LogP contribution is 2.32. The summed E-state index contributed by atoms with van der Waals surface area (Å²) in [7, 11) is 0. The molecule has 0 unspecified atom stereocenters. The van der Waals surface area contributed by atoms with Crippen LogP contribution in [0.15, 0.2) is 47.4 Å². The van der Waals surface area contributed by atoms with Crippen LogP contribution >= 0.6 is 11.8 Å². The third-order valence-electron chi connectivity index (χ3n) is 3.87. The van der Waals surface area contributed by atoms with Gasteiger partial charge in [-0.05, 0) is 37.3 Å². The Hall–Kier alpha value is -2.41. The Morgan fingerprint density at radius 3 is 2.84 bits per heavy atom. The number of anilines is 2. The Bertz CT molecular complexity index is 828. The number of amides is 2. The highest BCUT2D eigenvalue weighted by Gasteiger charge is 2.29. The highest BCUT2D eigenvalue weighted by atomic mass is 32.2. The molecule has 2 amide bonds. The van der Waals surface area contributed by atoms with Crippen LogP contribution in [-0.2, 0) is 9.59 Å². The van der Waals surface area contributed by atoms with E-state index in [-0.39, 0.29) is 34.9 Å². The van der Waals surface area contributed by atoms with E-state index in [1.54, 1.807) is 31.2 Å². The molecule has 130 valence electrons. The molecule has 0 spiro atoms. The van der Waals surface area contributed by atoms with Gasteiger partial charge < -0.3 is 10.2 Å². The van der Waals surface area contributed by atoms with Gasteiger partial charge in [-0.1, -0.05) is 12.1 Å². The Balaban J connectivity index is 1.83. The molecule has 0 aromatic heterocycles. The zero-order valence-electron chi connectivity index (χ0n) is 13.5. The number of halogens is 2. The van der Waals surface area contributed by atoms with Crippen molar-refractivity contribution < 1.29 is 18.4 Å². The molecular weight excluding hydrogens is 346 g/mol. The minimum absolute atomic E-state index is 0.0623. The third kappa shape index (κ3) is 3.82. The van der Waals surface area contributed by atoms with Gasteiger partial charge in [-0.25, -0.2) is 8.78 Å². The van der Waals surface area contributed by atoms with Crippen LogP contribution < -0.4 is 10.2 Å². The van der Waals surface area contributed by atoms with Crippen molar-refractivity contribution in [2.24, 2.45) is 0 Å². The molecule has 1 N–H and O–H groups in total. The maximum absolute atomic E-state index is 13.7. The fraction of sp³-hybridized carbons (Fsp3) is 0.222.